The summed E-state index contributed by atoms with van der Waals surface area (Å²) in [6.07, 6.45) is 4.35. The van der Waals surface area contributed by atoms with E-state index in [2.05, 4.69) is 4.74 Å². The molecule has 0 aromatic heterocycles. The maximum absolute atomic E-state index is 12.5. The lowest BCUT2D eigenvalue weighted by Gasteiger charge is -2.31. The first kappa shape index (κ1) is 15.9. The first-order valence-electron chi connectivity index (χ1n) is 6.56. The second kappa shape index (κ2) is 6.84. The molecule has 2 N–H and O–H groups in total. The third-order valence-electron chi connectivity index (χ3n) is 3.79. The van der Waals surface area contributed by atoms with E-state index < -0.39 is 5.41 Å². The largest absolute Gasteiger partial charge is 0.469 e. The fraction of sp³-hybridized carbons (Fsp3) is 0.769. The van der Waals surface area contributed by atoms with Crippen molar-refractivity contribution in [3.8, 4) is 0 Å². The molecule has 0 aromatic rings. The van der Waals surface area contributed by atoms with E-state index in [4.69, 9.17) is 18.0 Å². The normalized spacial score (nSPS) is 16.9. The number of amides is 1. The van der Waals surface area contributed by atoms with Crippen molar-refractivity contribution in [3.05, 3.63) is 0 Å². The highest BCUT2D eigenvalue weighted by Gasteiger charge is 2.45. The standard InChI is InChI=1S/C13H22N2O3S/c1-15(9-5-6-10(16)18-2)12(17)13(11(14)19)7-3-4-8-13/h3-9H2,1-2H3,(H2,14,19). The summed E-state index contributed by atoms with van der Waals surface area (Å²) < 4.78 is 4.57. The quantitative estimate of drug-likeness (QED) is 0.587. The molecule has 0 radical (unpaired) electrons. The van der Waals surface area contributed by atoms with Gasteiger partial charge in [-0.1, -0.05) is 25.1 Å². The zero-order valence-electron chi connectivity index (χ0n) is 11.6. The molecule has 1 fully saturated rings. The maximum Gasteiger partial charge on any atom is 0.305 e. The van der Waals surface area contributed by atoms with Gasteiger partial charge in [-0.15, -0.1) is 0 Å². The zero-order chi connectivity index (χ0) is 14.5. The molecule has 0 atom stereocenters. The van der Waals surface area contributed by atoms with Crippen molar-refractivity contribution in [1.82, 2.24) is 4.90 Å². The predicted octanol–water partition coefficient (Wildman–Crippen LogP) is 1.24. The van der Waals surface area contributed by atoms with E-state index in [0.29, 0.717) is 24.4 Å². The van der Waals surface area contributed by atoms with E-state index in [1.165, 1.54) is 7.11 Å². The molecule has 0 saturated heterocycles. The molecule has 0 aliphatic heterocycles. The topological polar surface area (TPSA) is 72.6 Å². The van der Waals surface area contributed by atoms with Crippen LogP contribution >= 0.6 is 12.2 Å². The molecule has 1 amide bonds. The Morgan fingerprint density at radius 2 is 1.95 bits per heavy atom. The molecule has 0 heterocycles. The van der Waals surface area contributed by atoms with E-state index in [1.807, 2.05) is 0 Å². The van der Waals surface area contributed by atoms with Crippen LogP contribution in [0.4, 0.5) is 0 Å². The van der Waals surface area contributed by atoms with Gasteiger partial charge in [-0.25, -0.2) is 0 Å². The minimum Gasteiger partial charge on any atom is -0.469 e. The Balaban J connectivity index is 2.55. The Morgan fingerprint density at radius 1 is 1.37 bits per heavy atom. The van der Waals surface area contributed by atoms with Gasteiger partial charge in [0, 0.05) is 20.0 Å². The summed E-state index contributed by atoms with van der Waals surface area (Å²) >= 11 is 5.09. The average Bonchev–Trinajstić information content (AvgIpc) is 2.88. The van der Waals surface area contributed by atoms with Gasteiger partial charge in [-0.3, -0.25) is 9.59 Å². The van der Waals surface area contributed by atoms with Crippen molar-refractivity contribution in [3.63, 3.8) is 0 Å². The highest BCUT2D eigenvalue weighted by molar-refractivity contribution is 7.80. The summed E-state index contributed by atoms with van der Waals surface area (Å²) in [5.41, 5.74) is 5.12. The van der Waals surface area contributed by atoms with E-state index in [9.17, 15) is 9.59 Å². The third-order valence-corrected chi connectivity index (χ3v) is 4.18. The predicted molar refractivity (Wildman–Crippen MR) is 76.6 cm³/mol. The van der Waals surface area contributed by atoms with Crippen LogP contribution in [0.1, 0.15) is 38.5 Å². The van der Waals surface area contributed by atoms with Crippen LogP contribution in [0.25, 0.3) is 0 Å². The molecule has 1 aliphatic carbocycles. The van der Waals surface area contributed by atoms with E-state index >= 15 is 0 Å². The van der Waals surface area contributed by atoms with Gasteiger partial charge in [0.05, 0.1) is 17.5 Å². The van der Waals surface area contributed by atoms with Gasteiger partial charge in [0.2, 0.25) is 5.91 Å². The number of nitrogens with two attached hydrogens (primary N) is 1. The van der Waals surface area contributed by atoms with Crippen LogP contribution in [0.15, 0.2) is 0 Å². The Kier molecular flexibility index (Phi) is 5.72. The second-order valence-electron chi connectivity index (χ2n) is 5.06. The fourth-order valence-electron chi connectivity index (χ4n) is 2.57. The van der Waals surface area contributed by atoms with E-state index in [-0.39, 0.29) is 11.9 Å². The number of esters is 1. The number of ether oxygens (including phenoxy) is 1. The first-order chi connectivity index (χ1) is 8.94. The van der Waals surface area contributed by atoms with Crippen LogP contribution in [0, 0.1) is 5.41 Å². The molecular formula is C13H22N2O3S. The highest BCUT2D eigenvalue weighted by Crippen LogP contribution is 2.40. The average molecular weight is 286 g/mol. The van der Waals surface area contributed by atoms with Gasteiger partial charge in [0.1, 0.15) is 0 Å². The number of methoxy groups -OCH3 is 1. The Morgan fingerprint density at radius 3 is 2.42 bits per heavy atom. The summed E-state index contributed by atoms with van der Waals surface area (Å²) in [4.78, 5) is 25.5. The van der Waals surface area contributed by atoms with Gasteiger partial charge in [-0.05, 0) is 19.3 Å². The molecule has 19 heavy (non-hydrogen) atoms. The first-order valence-corrected chi connectivity index (χ1v) is 6.97. The van der Waals surface area contributed by atoms with Crippen molar-refractivity contribution in [2.75, 3.05) is 20.7 Å². The molecule has 1 rings (SSSR count). The van der Waals surface area contributed by atoms with Crippen molar-refractivity contribution in [2.24, 2.45) is 11.1 Å². The van der Waals surface area contributed by atoms with Gasteiger partial charge in [-0.2, -0.15) is 0 Å². The number of nitrogens with zero attached hydrogens (tertiary/aromatic N) is 1. The molecule has 6 heteroatoms. The molecule has 0 spiro atoms. The minimum atomic E-state index is -0.657. The SMILES string of the molecule is COC(=O)CCCN(C)C(=O)C1(C(N)=S)CCCC1. The summed E-state index contributed by atoms with van der Waals surface area (Å²) in [7, 11) is 3.09. The second-order valence-corrected chi connectivity index (χ2v) is 5.50. The number of rotatable bonds is 6. The van der Waals surface area contributed by atoms with Crippen LogP contribution in [0.3, 0.4) is 0 Å². The Hall–Kier alpha value is -1.17. The zero-order valence-corrected chi connectivity index (χ0v) is 12.4. The third kappa shape index (κ3) is 3.65. The van der Waals surface area contributed by atoms with E-state index in [1.54, 1.807) is 11.9 Å². The summed E-state index contributed by atoms with van der Waals surface area (Å²) in [6, 6.07) is 0. The molecule has 1 saturated carbocycles. The monoisotopic (exact) mass is 286 g/mol. The lowest BCUT2D eigenvalue weighted by molar-refractivity contribution is -0.142. The highest BCUT2D eigenvalue weighted by atomic mass is 32.1. The molecule has 0 aromatic carbocycles. The molecule has 5 nitrogen and oxygen atoms in total. The Bertz CT molecular complexity index is 365. The summed E-state index contributed by atoms with van der Waals surface area (Å²) in [5, 5.41) is 0. The number of thiocarbonyl (C=S) groups is 1. The van der Waals surface area contributed by atoms with Crippen LogP contribution in [-0.4, -0.2) is 42.5 Å². The molecule has 1 aliphatic rings. The fourth-order valence-corrected chi connectivity index (χ4v) is 2.87. The summed E-state index contributed by atoms with van der Waals surface area (Å²) in [5.74, 6) is -0.270. The van der Waals surface area contributed by atoms with Crippen LogP contribution < -0.4 is 5.73 Å². The molecule has 0 unspecified atom stereocenters. The lowest BCUT2D eigenvalue weighted by atomic mass is 9.84. The number of carbonyl (C=O) groups excluding carboxylic acids is 2. The van der Waals surface area contributed by atoms with Crippen molar-refractivity contribution in [2.45, 2.75) is 38.5 Å². The Labute approximate surface area is 119 Å². The smallest absolute Gasteiger partial charge is 0.305 e. The van der Waals surface area contributed by atoms with Gasteiger partial charge >= 0.3 is 5.97 Å². The van der Waals surface area contributed by atoms with Crippen LogP contribution in [-0.2, 0) is 14.3 Å². The lowest BCUT2D eigenvalue weighted by Crippen LogP contribution is -2.48. The van der Waals surface area contributed by atoms with Gasteiger partial charge < -0.3 is 15.4 Å². The number of hydrogen-bond acceptors (Lipinski definition) is 4. The van der Waals surface area contributed by atoms with Gasteiger partial charge in [0.15, 0.2) is 0 Å². The molecule has 108 valence electrons. The molecule has 0 bridgehead atoms. The minimum absolute atomic E-state index is 0.0117. The van der Waals surface area contributed by atoms with Crippen molar-refractivity contribution >= 4 is 29.1 Å². The summed E-state index contributed by atoms with van der Waals surface area (Å²) in [6.45, 7) is 0.512. The number of hydrogen-bond donors (Lipinski definition) is 1. The van der Waals surface area contributed by atoms with Crippen molar-refractivity contribution < 1.29 is 14.3 Å². The van der Waals surface area contributed by atoms with Gasteiger partial charge in [0.25, 0.3) is 0 Å². The van der Waals surface area contributed by atoms with Crippen LogP contribution in [0.5, 0.6) is 0 Å². The number of carbonyl (C=O) groups is 2. The van der Waals surface area contributed by atoms with Crippen LogP contribution in [0.2, 0.25) is 0 Å². The molecular weight excluding hydrogens is 264 g/mol. The maximum atomic E-state index is 12.5. The van der Waals surface area contributed by atoms with Crippen molar-refractivity contribution in [1.29, 1.82) is 0 Å². The van der Waals surface area contributed by atoms with E-state index in [0.717, 1.165) is 25.7 Å².